The number of thiazole rings is 1. The molecule has 150 valence electrons. The molecule has 0 spiro atoms. The fourth-order valence-electron chi connectivity index (χ4n) is 3.44. The van der Waals surface area contributed by atoms with Gasteiger partial charge in [-0.2, -0.15) is 0 Å². The predicted molar refractivity (Wildman–Crippen MR) is 111 cm³/mol. The first-order chi connectivity index (χ1) is 14.2. The van der Waals surface area contributed by atoms with E-state index < -0.39 is 0 Å². The van der Waals surface area contributed by atoms with E-state index >= 15 is 0 Å². The molecule has 2 heterocycles. The summed E-state index contributed by atoms with van der Waals surface area (Å²) in [6, 6.07) is 16.7. The number of rotatable bonds is 6. The fraction of sp³-hybridized carbons (Fsp3) is 0.273. The first kappa shape index (κ1) is 19.7. The number of morpholine rings is 1. The Hall–Kier alpha value is -2.61. The molecule has 1 atom stereocenters. The van der Waals surface area contributed by atoms with Crippen molar-refractivity contribution in [3.05, 3.63) is 77.1 Å². The van der Waals surface area contributed by atoms with E-state index in [2.05, 4.69) is 27.3 Å². The molecular weight excluding hydrogens is 389 g/mol. The molecule has 3 aromatic rings. The van der Waals surface area contributed by atoms with E-state index in [0.29, 0.717) is 36.0 Å². The second kappa shape index (κ2) is 9.26. The number of amides is 1. The normalized spacial score (nSPS) is 15.8. The summed E-state index contributed by atoms with van der Waals surface area (Å²) in [7, 11) is 0. The zero-order chi connectivity index (χ0) is 20.1. The summed E-state index contributed by atoms with van der Waals surface area (Å²) in [5.74, 6) is -0.594. The van der Waals surface area contributed by atoms with Crippen LogP contribution in [-0.4, -0.2) is 48.6 Å². The highest BCUT2D eigenvalue weighted by Gasteiger charge is 2.24. The van der Waals surface area contributed by atoms with Crippen LogP contribution in [0.15, 0.2) is 60.0 Å². The molecule has 1 amide bonds. The van der Waals surface area contributed by atoms with Gasteiger partial charge in [-0.25, -0.2) is 9.37 Å². The van der Waals surface area contributed by atoms with Crippen molar-refractivity contribution in [2.24, 2.45) is 0 Å². The van der Waals surface area contributed by atoms with Crippen LogP contribution >= 0.6 is 11.3 Å². The van der Waals surface area contributed by atoms with Crippen molar-refractivity contribution in [1.82, 2.24) is 15.2 Å². The summed E-state index contributed by atoms with van der Waals surface area (Å²) in [5, 5.41) is 5.17. The minimum absolute atomic E-state index is 0.0636. The molecule has 7 heteroatoms. The molecule has 1 fully saturated rings. The third-order valence-electron chi connectivity index (χ3n) is 4.97. The maximum atomic E-state index is 14.0. The Morgan fingerprint density at radius 3 is 2.62 bits per heavy atom. The Morgan fingerprint density at radius 2 is 1.86 bits per heavy atom. The quantitative estimate of drug-likeness (QED) is 0.671. The largest absolute Gasteiger partial charge is 0.379 e. The summed E-state index contributed by atoms with van der Waals surface area (Å²) in [4.78, 5) is 19.4. The number of nitrogens with zero attached hydrogens (tertiary/aromatic N) is 2. The minimum atomic E-state index is -0.342. The van der Waals surface area contributed by atoms with Gasteiger partial charge in [0.2, 0.25) is 0 Å². The monoisotopic (exact) mass is 411 g/mol. The van der Waals surface area contributed by atoms with Gasteiger partial charge in [-0.1, -0.05) is 42.5 Å². The van der Waals surface area contributed by atoms with Gasteiger partial charge in [0.25, 0.3) is 5.91 Å². The molecule has 0 aliphatic carbocycles. The van der Waals surface area contributed by atoms with Gasteiger partial charge >= 0.3 is 0 Å². The van der Waals surface area contributed by atoms with Crippen LogP contribution in [0.5, 0.6) is 0 Å². The third kappa shape index (κ3) is 4.70. The topological polar surface area (TPSA) is 54.5 Å². The molecule has 1 unspecified atom stereocenters. The van der Waals surface area contributed by atoms with Crippen molar-refractivity contribution >= 4 is 17.2 Å². The van der Waals surface area contributed by atoms with Crippen molar-refractivity contribution in [1.29, 1.82) is 0 Å². The van der Waals surface area contributed by atoms with Crippen LogP contribution in [0.3, 0.4) is 0 Å². The summed E-state index contributed by atoms with van der Waals surface area (Å²) >= 11 is 1.26. The number of hydrogen-bond acceptors (Lipinski definition) is 5. The van der Waals surface area contributed by atoms with Crippen LogP contribution in [0, 0.1) is 5.82 Å². The molecule has 0 saturated carbocycles. The van der Waals surface area contributed by atoms with Gasteiger partial charge in [-0.15, -0.1) is 11.3 Å². The van der Waals surface area contributed by atoms with E-state index in [1.807, 2.05) is 18.2 Å². The first-order valence-corrected chi connectivity index (χ1v) is 10.5. The maximum Gasteiger partial charge on any atom is 0.270 e. The van der Waals surface area contributed by atoms with Gasteiger partial charge in [0.05, 0.1) is 19.3 Å². The molecule has 5 nitrogen and oxygen atoms in total. The van der Waals surface area contributed by atoms with E-state index in [0.717, 1.165) is 18.7 Å². The molecule has 1 aromatic heterocycles. The fourth-order valence-corrected chi connectivity index (χ4v) is 4.26. The Balaban J connectivity index is 1.46. The minimum Gasteiger partial charge on any atom is -0.379 e. The maximum absolute atomic E-state index is 14.0. The third-order valence-corrected chi connectivity index (χ3v) is 5.84. The second-order valence-electron chi connectivity index (χ2n) is 6.80. The molecule has 4 rings (SSSR count). The predicted octanol–water partition coefficient (Wildman–Crippen LogP) is 3.75. The van der Waals surface area contributed by atoms with Crippen molar-refractivity contribution in [3.8, 4) is 10.6 Å². The zero-order valence-electron chi connectivity index (χ0n) is 15.9. The molecule has 1 saturated heterocycles. The van der Waals surface area contributed by atoms with Crippen LogP contribution in [0.4, 0.5) is 4.39 Å². The van der Waals surface area contributed by atoms with Gasteiger partial charge in [0, 0.05) is 30.6 Å². The molecule has 1 N–H and O–H groups in total. The Morgan fingerprint density at radius 1 is 1.14 bits per heavy atom. The lowest BCUT2D eigenvalue weighted by atomic mass is 10.0. The van der Waals surface area contributed by atoms with Crippen LogP contribution in [0.2, 0.25) is 0 Å². The van der Waals surface area contributed by atoms with Crippen LogP contribution in [0.25, 0.3) is 10.6 Å². The van der Waals surface area contributed by atoms with Gasteiger partial charge < -0.3 is 10.1 Å². The van der Waals surface area contributed by atoms with Crippen molar-refractivity contribution in [2.45, 2.75) is 6.04 Å². The SMILES string of the molecule is O=C(NCC(c1ccccc1)N1CCOCC1)c1csc(-c2ccccc2F)n1. The number of ether oxygens (including phenoxy) is 1. The van der Waals surface area contributed by atoms with Crippen molar-refractivity contribution in [3.63, 3.8) is 0 Å². The van der Waals surface area contributed by atoms with Crippen molar-refractivity contribution in [2.75, 3.05) is 32.8 Å². The van der Waals surface area contributed by atoms with E-state index in [-0.39, 0.29) is 17.8 Å². The zero-order valence-corrected chi connectivity index (χ0v) is 16.7. The van der Waals surface area contributed by atoms with Crippen LogP contribution in [-0.2, 0) is 4.74 Å². The highest BCUT2D eigenvalue weighted by Crippen LogP contribution is 2.26. The summed E-state index contributed by atoms with van der Waals surface area (Å²) in [6.07, 6.45) is 0. The van der Waals surface area contributed by atoms with Gasteiger partial charge in [0.1, 0.15) is 16.5 Å². The van der Waals surface area contributed by atoms with Gasteiger partial charge in [0.15, 0.2) is 0 Å². The van der Waals surface area contributed by atoms with Gasteiger partial charge in [-0.3, -0.25) is 9.69 Å². The molecule has 1 aliphatic rings. The molecule has 0 bridgehead atoms. The van der Waals surface area contributed by atoms with E-state index in [4.69, 9.17) is 4.74 Å². The number of carbonyl (C=O) groups is 1. The summed E-state index contributed by atoms with van der Waals surface area (Å²) in [6.45, 7) is 3.49. The standard InChI is InChI=1S/C22H22FN3O2S/c23-18-9-5-4-8-17(18)22-25-19(15-29-22)21(27)24-14-20(16-6-2-1-3-7-16)26-10-12-28-13-11-26/h1-9,15,20H,10-14H2,(H,24,27). The number of aromatic nitrogens is 1. The lowest BCUT2D eigenvalue weighted by molar-refractivity contribution is 0.0162. The Labute approximate surface area is 173 Å². The first-order valence-electron chi connectivity index (χ1n) is 9.58. The summed E-state index contributed by atoms with van der Waals surface area (Å²) in [5.41, 5.74) is 1.87. The molecule has 1 aliphatic heterocycles. The smallest absolute Gasteiger partial charge is 0.270 e. The lowest BCUT2D eigenvalue weighted by Gasteiger charge is -2.34. The van der Waals surface area contributed by atoms with E-state index in [1.165, 1.54) is 17.4 Å². The highest BCUT2D eigenvalue weighted by atomic mass is 32.1. The Kier molecular flexibility index (Phi) is 6.29. The lowest BCUT2D eigenvalue weighted by Crippen LogP contribution is -2.43. The molecular formula is C22H22FN3O2S. The second-order valence-corrected chi connectivity index (χ2v) is 7.66. The number of halogens is 1. The van der Waals surface area contributed by atoms with E-state index in [1.54, 1.807) is 23.6 Å². The average molecular weight is 412 g/mol. The van der Waals surface area contributed by atoms with E-state index in [9.17, 15) is 9.18 Å². The van der Waals surface area contributed by atoms with Crippen LogP contribution in [0.1, 0.15) is 22.1 Å². The number of hydrogen-bond donors (Lipinski definition) is 1. The number of carbonyl (C=O) groups excluding carboxylic acids is 1. The highest BCUT2D eigenvalue weighted by molar-refractivity contribution is 7.13. The molecule has 2 aromatic carbocycles. The van der Waals surface area contributed by atoms with Gasteiger partial charge in [-0.05, 0) is 17.7 Å². The Bertz CT molecular complexity index is 957. The van der Waals surface area contributed by atoms with Crippen molar-refractivity contribution < 1.29 is 13.9 Å². The summed E-state index contributed by atoms with van der Waals surface area (Å²) < 4.78 is 19.5. The molecule has 0 radical (unpaired) electrons. The number of benzene rings is 2. The number of nitrogens with one attached hydrogen (secondary N) is 1. The van der Waals surface area contributed by atoms with Crippen LogP contribution < -0.4 is 5.32 Å². The molecule has 29 heavy (non-hydrogen) atoms. The average Bonchev–Trinajstić information content (AvgIpc) is 3.26.